The van der Waals surface area contributed by atoms with Gasteiger partial charge in [-0.1, -0.05) is 18.2 Å². The zero-order valence-electron chi connectivity index (χ0n) is 12.0. The predicted molar refractivity (Wildman–Crippen MR) is 75.9 cm³/mol. The average molecular weight is 247 g/mol. The van der Waals surface area contributed by atoms with E-state index < -0.39 is 0 Å². The van der Waals surface area contributed by atoms with E-state index in [1.54, 1.807) is 0 Å². The summed E-state index contributed by atoms with van der Waals surface area (Å²) in [6.45, 7) is 6.59. The van der Waals surface area contributed by atoms with Gasteiger partial charge in [0.2, 0.25) is 0 Å². The van der Waals surface area contributed by atoms with E-state index in [0.29, 0.717) is 18.2 Å². The molecule has 3 unspecified atom stereocenters. The maximum atomic E-state index is 5.54. The van der Waals surface area contributed by atoms with Gasteiger partial charge in [0.25, 0.3) is 0 Å². The molecule has 1 saturated carbocycles. The van der Waals surface area contributed by atoms with Gasteiger partial charge >= 0.3 is 0 Å². The number of nitrogens with one attached hydrogen (secondary N) is 1. The molecule has 1 fully saturated rings. The molecule has 1 N–H and O–H groups in total. The molecule has 1 aromatic carbocycles. The number of methoxy groups -OCH3 is 1. The number of benzene rings is 1. The van der Waals surface area contributed by atoms with Crippen LogP contribution < -0.4 is 5.32 Å². The monoisotopic (exact) mass is 247 g/mol. The molecule has 1 aromatic rings. The highest BCUT2D eigenvalue weighted by molar-refractivity contribution is 5.31. The lowest BCUT2D eigenvalue weighted by atomic mass is 10.0. The zero-order valence-corrected chi connectivity index (χ0v) is 12.0. The molecule has 100 valence electrons. The Balaban J connectivity index is 2.02. The maximum absolute atomic E-state index is 5.54. The maximum Gasteiger partial charge on any atom is 0.0724 e. The summed E-state index contributed by atoms with van der Waals surface area (Å²) in [6, 6.07) is 7.64. The molecule has 1 aliphatic rings. The lowest BCUT2D eigenvalue weighted by Crippen LogP contribution is -2.38. The van der Waals surface area contributed by atoms with Gasteiger partial charge in [-0.3, -0.25) is 0 Å². The van der Waals surface area contributed by atoms with E-state index in [4.69, 9.17) is 4.74 Å². The molecule has 0 saturated heterocycles. The van der Waals surface area contributed by atoms with Gasteiger partial charge in [-0.2, -0.15) is 0 Å². The van der Waals surface area contributed by atoms with E-state index in [0.717, 1.165) is 0 Å². The molecule has 3 atom stereocenters. The lowest BCUT2D eigenvalue weighted by molar-refractivity contribution is 0.0820. The largest absolute Gasteiger partial charge is 0.380 e. The summed E-state index contributed by atoms with van der Waals surface area (Å²) >= 11 is 0. The number of ether oxygens (including phenoxy) is 1. The van der Waals surface area contributed by atoms with Crippen molar-refractivity contribution < 1.29 is 4.74 Å². The van der Waals surface area contributed by atoms with Crippen LogP contribution in [0, 0.1) is 13.8 Å². The topological polar surface area (TPSA) is 21.3 Å². The first-order valence-electron chi connectivity index (χ1n) is 6.98. The van der Waals surface area contributed by atoms with Crippen LogP contribution in [0.5, 0.6) is 0 Å². The van der Waals surface area contributed by atoms with Crippen LogP contribution in [-0.4, -0.2) is 19.3 Å². The second-order valence-electron chi connectivity index (χ2n) is 5.54. The summed E-state index contributed by atoms with van der Waals surface area (Å²) < 4.78 is 5.54. The van der Waals surface area contributed by atoms with Crippen molar-refractivity contribution in [3.8, 4) is 0 Å². The van der Waals surface area contributed by atoms with Crippen molar-refractivity contribution in [1.29, 1.82) is 0 Å². The first kappa shape index (κ1) is 13.6. The Morgan fingerprint density at radius 3 is 2.67 bits per heavy atom. The fraction of sp³-hybridized carbons (Fsp3) is 0.625. The average Bonchev–Trinajstić information content (AvgIpc) is 2.79. The van der Waals surface area contributed by atoms with E-state index >= 15 is 0 Å². The summed E-state index contributed by atoms with van der Waals surface area (Å²) in [4.78, 5) is 0. The molecule has 1 aliphatic carbocycles. The Morgan fingerprint density at radius 1 is 1.22 bits per heavy atom. The first-order valence-corrected chi connectivity index (χ1v) is 6.98. The predicted octanol–water partition coefficient (Wildman–Crippen LogP) is 3.52. The van der Waals surface area contributed by atoms with Crippen molar-refractivity contribution in [2.45, 2.75) is 58.2 Å². The SMILES string of the molecule is COC1CCCC1NC(C)c1ccc(C)c(C)c1. The smallest absolute Gasteiger partial charge is 0.0724 e. The van der Waals surface area contributed by atoms with E-state index in [1.165, 1.54) is 36.0 Å². The fourth-order valence-electron chi connectivity index (χ4n) is 2.85. The molecule has 0 aromatic heterocycles. The van der Waals surface area contributed by atoms with Gasteiger partial charge in [0.15, 0.2) is 0 Å². The van der Waals surface area contributed by atoms with E-state index in [9.17, 15) is 0 Å². The van der Waals surface area contributed by atoms with Gasteiger partial charge in [-0.15, -0.1) is 0 Å². The summed E-state index contributed by atoms with van der Waals surface area (Å²) in [5, 5.41) is 3.72. The molecule has 0 bridgehead atoms. The van der Waals surface area contributed by atoms with Crippen LogP contribution in [-0.2, 0) is 4.74 Å². The Hall–Kier alpha value is -0.860. The molecule has 0 heterocycles. The van der Waals surface area contributed by atoms with Crippen LogP contribution in [0.2, 0.25) is 0 Å². The van der Waals surface area contributed by atoms with E-state index in [2.05, 4.69) is 44.3 Å². The molecule has 2 nitrogen and oxygen atoms in total. The molecule has 2 rings (SSSR count). The second-order valence-corrected chi connectivity index (χ2v) is 5.54. The summed E-state index contributed by atoms with van der Waals surface area (Å²) in [6.07, 6.45) is 4.08. The normalized spacial score (nSPS) is 25.3. The van der Waals surface area contributed by atoms with Crippen LogP contribution in [0.15, 0.2) is 18.2 Å². The zero-order chi connectivity index (χ0) is 13.1. The molecule has 2 heteroatoms. The van der Waals surface area contributed by atoms with Crippen molar-refractivity contribution in [2.75, 3.05) is 7.11 Å². The number of rotatable bonds is 4. The van der Waals surface area contributed by atoms with Crippen LogP contribution in [0.1, 0.15) is 48.9 Å². The third kappa shape index (κ3) is 2.93. The quantitative estimate of drug-likeness (QED) is 0.879. The highest BCUT2D eigenvalue weighted by Gasteiger charge is 2.28. The molecule has 18 heavy (non-hydrogen) atoms. The molecular weight excluding hydrogens is 222 g/mol. The van der Waals surface area contributed by atoms with Crippen LogP contribution >= 0.6 is 0 Å². The molecule has 0 amide bonds. The lowest BCUT2D eigenvalue weighted by Gasteiger charge is -2.24. The van der Waals surface area contributed by atoms with Crippen LogP contribution in [0.25, 0.3) is 0 Å². The Bertz CT molecular complexity index is 402. The molecule has 0 aliphatic heterocycles. The summed E-state index contributed by atoms with van der Waals surface area (Å²) in [5.74, 6) is 0. The number of hydrogen-bond donors (Lipinski definition) is 1. The van der Waals surface area contributed by atoms with Crippen molar-refractivity contribution in [1.82, 2.24) is 5.32 Å². The second kappa shape index (κ2) is 5.85. The number of hydrogen-bond acceptors (Lipinski definition) is 2. The van der Waals surface area contributed by atoms with Crippen LogP contribution in [0.3, 0.4) is 0 Å². The van der Waals surface area contributed by atoms with Crippen molar-refractivity contribution in [3.63, 3.8) is 0 Å². The van der Waals surface area contributed by atoms with Crippen LogP contribution in [0.4, 0.5) is 0 Å². The highest BCUT2D eigenvalue weighted by Crippen LogP contribution is 2.25. The molecular formula is C16H25NO. The highest BCUT2D eigenvalue weighted by atomic mass is 16.5. The van der Waals surface area contributed by atoms with Gasteiger partial charge in [-0.05, 0) is 56.7 Å². The van der Waals surface area contributed by atoms with Crippen molar-refractivity contribution >= 4 is 0 Å². The third-order valence-electron chi connectivity index (χ3n) is 4.25. The molecule has 0 radical (unpaired) electrons. The fourth-order valence-corrected chi connectivity index (χ4v) is 2.85. The Labute approximate surface area is 111 Å². The molecule has 0 spiro atoms. The minimum atomic E-state index is 0.388. The summed E-state index contributed by atoms with van der Waals surface area (Å²) in [7, 11) is 1.82. The van der Waals surface area contributed by atoms with Gasteiger partial charge < -0.3 is 10.1 Å². The minimum absolute atomic E-state index is 0.388. The summed E-state index contributed by atoms with van der Waals surface area (Å²) in [5.41, 5.74) is 4.11. The Kier molecular flexibility index (Phi) is 4.41. The Morgan fingerprint density at radius 2 is 2.00 bits per heavy atom. The third-order valence-corrected chi connectivity index (χ3v) is 4.25. The van der Waals surface area contributed by atoms with Gasteiger partial charge in [0, 0.05) is 19.2 Å². The van der Waals surface area contributed by atoms with Gasteiger partial charge in [0.1, 0.15) is 0 Å². The van der Waals surface area contributed by atoms with Gasteiger partial charge in [-0.25, -0.2) is 0 Å². The van der Waals surface area contributed by atoms with Gasteiger partial charge in [0.05, 0.1) is 6.10 Å². The minimum Gasteiger partial charge on any atom is -0.380 e. The van der Waals surface area contributed by atoms with Crippen molar-refractivity contribution in [3.05, 3.63) is 34.9 Å². The van der Waals surface area contributed by atoms with E-state index in [-0.39, 0.29) is 0 Å². The van der Waals surface area contributed by atoms with Crippen molar-refractivity contribution in [2.24, 2.45) is 0 Å². The standard InChI is InChI=1S/C16H25NO/c1-11-8-9-14(10-12(11)2)13(3)17-15-6-5-7-16(15)18-4/h8-10,13,15-17H,5-7H2,1-4H3. The first-order chi connectivity index (χ1) is 8.61. The van der Waals surface area contributed by atoms with E-state index in [1.807, 2.05) is 7.11 Å². The number of aryl methyl sites for hydroxylation is 2.